The zero-order valence-electron chi connectivity index (χ0n) is 33.5. The van der Waals surface area contributed by atoms with E-state index in [-0.39, 0.29) is 23.4 Å². The second-order valence-corrected chi connectivity index (χ2v) is 17.6. The molecular weight excluding hydrogens is 816 g/mol. The van der Waals surface area contributed by atoms with Crippen LogP contribution in [-0.2, 0) is 27.7 Å². The van der Waals surface area contributed by atoms with Crippen LogP contribution in [0.3, 0.4) is 0 Å². The maximum absolute atomic E-state index is 15.6. The van der Waals surface area contributed by atoms with E-state index >= 15 is 4.39 Å². The molecule has 8 rings (SSSR count). The monoisotopic (exact) mass is 854 g/mol. The molecule has 4 heterocycles. The first-order valence-corrected chi connectivity index (χ1v) is 21.7. The molecule has 4 aromatic carbocycles. The number of thiophene rings is 1. The summed E-state index contributed by atoms with van der Waals surface area (Å²) in [6.45, 7) is 8.05. The maximum Gasteiger partial charge on any atom is 0.306 e. The SMILES string of the molecule is CCc1ccc(NS(=O)(=O)c2ccc(CCNC(=O)c3ccc(-c4ccc(C5=N[C@@H](CC(=O)O)c6nnc(C)n6-c6sc(C)c(C)c65)cc4)c(F)c3)cc2)c2[nH]cc(C#N)c12. The van der Waals surface area contributed by atoms with Crippen LogP contribution in [0.4, 0.5) is 10.1 Å². The number of aromatic nitrogens is 4. The number of halogens is 1. The molecule has 308 valence electrons. The molecule has 1 amide bonds. The Kier molecular flexibility index (Phi) is 10.9. The Morgan fingerprint density at radius 1 is 1.00 bits per heavy atom. The molecule has 61 heavy (non-hydrogen) atoms. The fraction of sp³-hybridized carbons (Fsp3) is 0.200. The van der Waals surface area contributed by atoms with Crippen molar-refractivity contribution in [3.63, 3.8) is 0 Å². The summed E-state index contributed by atoms with van der Waals surface area (Å²) in [5.41, 5.74) is 7.29. The van der Waals surface area contributed by atoms with E-state index in [9.17, 15) is 28.4 Å². The van der Waals surface area contributed by atoms with E-state index in [0.29, 0.717) is 63.5 Å². The standard InChI is InChI=1S/C45H39FN8O5S2/c1-5-28-13-17-36(42-40(28)32(22-47)23-49-42)53-61(58,59)33-14-6-27(7-15-33)18-19-48-44(57)31-12-16-34(35(46)20-31)29-8-10-30(11-9-29)41-39-24(2)25(3)60-45(39)54-26(4)51-52-43(54)37(50-41)21-38(55)56/h6-17,20,23,37,49,53H,5,18-19,21H2,1-4H3,(H,48,57)(H,55,56)/t37-/m0/s1. The van der Waals surface area contributed by atoms with Crippen LogP contribution in [0.25, 0.3) is 27.0 Å². The van der Waals surface area contributed by atoms with Crippen molar-refractivity contribution in [1.29, 1.82) is 5.26 Å². The van der Waals surface area contributed by atoms with Gasteiger partial charge in [0.05, 0.1) is 33.8 Å². The lowest BCUT2D eigenvalue weighted by Gasteiger charge is -2.12. The highest BCUT2D eigenvalue weighted by Gasteiger charge is 2.32. The molecule has 1 atom stereocenters. The van der Waals surface area contributed by atoms with Crippen molar-refractivity contribution < 1.29 is 27.5 Å². The first-order chi connectivity index (χ1) is 29.3. The maximum atomic E-state index is 15.6. The van der Waals surface area contributed by atoms with Crippen LogP contribution in [0.1, 0.15) is 79.7 Å². The van der Waals surface area contributed by atoms with Gasteiger partial charge >= 0.3 is 5.97 Å². The molecule has 0 aliphatic carbocycles. The Hall–Kier alpha value is -6.96. The number of sulfonamides is 1. The lowest BCUT2D eigenvalue weighted by molar-refractivity contribution is -0.137. The van der Waals surface area contributed by atoms with Crippen molar-refractivity contribution in [3.05, 3.63) is 146 Å². The highest BCUT2D eigenvalue weighted by Crippen LogP contribution is 2.40. The van der Waals surface area contributed by atoms with E-state index in [2.05, 4.69) is 31.3 Å². The first-order valence-electron chi connectivity index (χ1n) is 19.4. The third kappa shape index (κ3) is 7.69. The number of benzene rings is 4. The molecule has 1 aliphatic rings. The van der Waals surface area contributed by atoms with Gasteiger partial charge in [-0.3, -0.25) is 23.9 Å². The number of hydrogen-bond donors (Lipinski definition) is 4. The summed E-state index contributed by atoms with van der Waals surface area (Å²) in [7, 11) is -3.96. The number of aryl methyl sites for hydroxylation is 3. The Morgan fingerprint density at radius 3 is 2.43 bits per heavy atom. The molecule has 0 spiro atoms. The number of H-pyrrole nitrogens is 1. The molecule has 0 saturated heterocycles. The molecule has 13 nitrogen and oxygen atoms in total. The number of fused-ring (bicyclic) bond motifs is 4. The third-order valence-electron chi connectivity index (χ3n) is 10.9. The minimum absolute atomic E-state index is 0.0517. The number of rotatable bonds is 12. The second kappa shape index (κ2) is 16.2. The Labute approximate surface area is 354 Å². The molecule has 7 aromatic rings. The summed E-state index contributed by atoms with van der Waals surface area (Å²) >= 11 is 1.57. The topological polar surface area (TPSA) is 195 Å². The van der Waals surface area contributed by atoms with Crippen LogP contribution in [-0.4, -0.2) is 57.4 Å². The summed E-state index contributed by atoms with van der Waals surface area (Å²) in [5, 5.41) is 32.2. The van der Waals surface area contributed by atoms with E-state index in [1.165, 1.54) is 18.2 Å². The van der Waals surface area contributed by atoms with Crippen molar-refractivity contribution in [3.8, 4) is 22.2 Å². The van der Waals surface area contributed by atoms with Gasteiger partial charge in [-0.1, -0.05) is 55.5 Å². The average Bonchev–Trinajstić information content (AvgIpc) is 3.91. The first kappa shape index (κ1) is 40.8. The molecule has 0 fully saturated rings. The number of carboxylic acid groups (broad SMARTS) is 1. The summed E-state index contributed by atoms with van der Waals surface area (Å²) in [6, 6.07) is 22.7. The van der Waals surface area contributed by atoms with Gasteiger partial charge in [0.15, 0.2) is 5.82 Å². The van der Waals surface area contributed by atoms with Gasteiger partial charge in [0.1, 0.15) is 28.8 Å². The predicted octanol–water partition coefficient (Wildman–Crippen LogP) is 8.12. The van der Waals surface area contributed by atoms with Crippen LogP contribution >= 0.6 is 11.3 Å². The quantitative estimate of drug-likeness (QED) is 0.0946. The highest BCUT2D eigenvalue weighted by atomic mass is 32.2. The number of aromatic amines is 1. The number of anilines is 1. The molecule has 0 saturated carbocycles. The lowest BCUT2D eigenvalue weighted by Crippen LogP contribution is -2.25. The van der Waals surface area contributed by atoms with Gasteiger partial charge in [0, 0.05) is 45.3 Å². The summed E-state index contributed by atoms with van der Waals surface area (Å²) in [6.07, 6.45) is 2.38. The van der Waals surface area contributed by atoms with Crippen molar-refractivity contribution >= 4 is 55.5 Å². The fourth-order valence-electron chi connectivity index (χ4n) is 7.64. The number of nitriles is 1. The molecule has 16 heteroatoms. The van der Waals surface area contributed by atoms with Gasteiger partial charge in [0.2, 0.25) is 0 Å². The molecule has 0 unspecified atom stereocenters. The van der Waals surface area contributed by atoms with E-state index < -0.39 is 33.8 Å². The van der Waals surface area contributed by atoms with Gasteiger partial charge in [-0.25, -0.2) is 12.8 Å². The van der Waals surface area contributed by atoms with Crippen LogP contribution < -0.4 is 10.0 Å². The van der Waals surface area contributed by atoms with Gasteiger partial charge in [-0.2, -0.15) is 5.26 Å². The van der Waals surface area contributed by atoms with Crippen molar-refractivity contribution in [1.82, 2.24) is 25.1 Å². The number of carbonyl (C=O) groups excluding carboxylic acids is 1. The van der Waals surface area contributed by atoms with Gasteiger partial charge < -0.3 is 15.4 Å². The van der Waals surface area contributed by atoms with E-state index in [4.69, 9.17) is 4.99 Å². The largest absolute Gasteiger partial charge is 0.481 e. The Morgan fingerprint density at radius 2 is 1.74 bits per heavy atom. The number of nitrogens with one attached hydrogen (secondary N) is 3. The predicted molar refractivity (Wildman–Crippen MR) is 232 cm³/mol. The third-order valence-corrected chi connectivity index (χ3v) is 13.5. The minimum Gasteiger partial charge on any atom is -0.481 e. The summed E-state index contributed by atoms with van der Waals surface area (Å²) in [4.78, 5) is 34.1. The fourth-order valence-corrected chi connectivity index (χ4v) is 9.92. The Bertz CT molecular complexity index is 3070. The molecular formula is C45H39FN8O5S2. The van der Waals surface area contributed by atoms with Gasteiger partial charge in [-0.05, 0) is 86.2 Å². The van der Waals surface area contributed by atoms with E-state index in [1.807, 2.05) is 50.5 Å². The van der Waals surface area contributed by atoms with Gasteiger partial charge in [-0.15, -0.1) is 21.5 Å². The smallest absolute Gasteiger partial charge is 0.306 e. The van der Waals surface area contributed by atoms with Crippen molar-refractivity contribution in [2.24, 2.45) is 4.99 Å². The van der Waals surface area contributed by atoms with Crippen LogP contribution in [0.15, 0.2) is 94.9 Å². The molecule has 1 aliphatic heterocycles. The van der Waals surface area contributed by atoms with E-state index in [1.54, 1.807) is 60.0 Å². The lowest BCUT2D eigenvalue weighted by atomic mass is 9.96. The molecule has 0 radical (unpaired) electrons. The zero-order valence-corrected chi connectivity index (χ0v) is 35.1. The number of nitrogens with zero attached hydrogens (tertiary/aromatic N) is 5. The normalized spacial score (nSPS) is 13.5. The molecule has 0 bridgehead atoms. The molecule has 4 N–H and O–H groups in total. The average molecular weight is 855 g/mol. The Balaban J connectivity index is 0.926. The molecule has 3 aromatic heterocycles. The summed E-state index contributed by atoms with van der Waals surface area (Å²) in [5.74, 6) is -0.961. The number of carboxylic acids is 1. The van der Waals surface area contributed by atoms with Crippen LogP contribution in [0, 0.1) is 37.9 Å². The second-order valence-electron chi connectivity index (χ2n) is 14.7. The highest BCUT2D eigenvalue weighted by molar-refractivity contribution is 7.92. The van der Waals surface area contributed by atoms with Crippen molar-refractivity contribution in [2.45, 2.75) is 57.9 Å². The minimum atomic E-state index is -3.96. The number of hydrogen-bond acceptors (Lipinski definition) is 9. The number of carbonyl (C=O) groups is 2. The van der Waals surface area contributed by atoms with Crippen LogP contribution in [0.5, 0.6) is 0 Å². The van der Waals surface area contributed by atoms with Gasteiger partial charge in [0.25, 0.3) is 15.9 Å². The number of amides is 1. The number of aliphatic carboxylic acids is 1. The van der Waals surface area contributed by atoms with Crippen LogP contribution in [0.2, 0.25) is 0 Å². The van der Waals surface area contributed by atoms with Crippen molar-refractivity contribution in [2.75, 3.05) is 11.3 Å². The zero-order chi connectivity index (χ0) is 43.2. The van der Waals surface area contributed by atoms with E-state index in [0.717, 1.165) is 37.7 Å². The number of aliphatic imine (C=N–C) groups is 1. The summed E-state index contributed by atoms with van der Waals surface area (Å²) < 4.78 is 46.8.